The van der Waals surface area contributed by atoms with Crippen LogP contribution in [0.2, 0.25) is 5.15 Å². The minimum Gasteiger partial charge on any atom is -0.396 e. The highest BCUT2D eigenvalue weighted by atomic mass is 35.5. The molecule has 23 heavy (non-hydrogen) atoms. The van der Waals surface area contributed by atoms with Crippen LogP contribution < -0.4 is 5.32 Å². The van der Waals surface area contributed by atoms with Crippen molar-refractivity contribution >= 4 is 17.5 Å². The second kappa shape index (κ2) is 6.56. The number of nitrogens with one attached hydrogen (secondary N) is 1. The standard InChI is InChI=1S/C17H18ClN3O2/c1-11-15(17(23)19-13-8-7-12(9-13)10-22)16(18)21(20-11)14-5-3-2-4-6-14/h2-8,12-13,22H,9-10H2,1H3,(H,19,23)/t12-,13+/m0/s1. The van der Waals surface area contributed by atoms with Crippen molar-refractivity contribution in [1.82, 2.24) is 15.1 Å². The molecule has 0 fully saturated rings. The van der Waals surface area contributed by atoms with Gasteiger partial charge in [0.15, 0.2) is 0 Å². The molecule has 0 radical (unpaired) electrons. The summed E-state index contributed by atoms with van der Waals surface area (Å²) in [5.74, 6) is -0.146. The van der Waals surface area contributed by atoms with E-state index in [1.165, 1.54) is 0 Å². The van der Waals surface area contributed by atoms with Gasteiger partial charge >= 0.3 is 0 Å². The summed E-state index contributed by atoms with van der Waals surface area (Å²) >= 11 is 6.38. The number of aliphatic hydroxyl groups excluding tert-OH is 1. The molecule has 1 amide bonds. The van der Waals surface area contributed by atoms with Crippen molar-refractivity contribution in [3.63, 3.8) is 0 Å². The van der Waals surface area contributed by atoms with Gasteiger partial charge in [-0.05, 0) is 25.5 Å². The van der Waals surface area contributed by atoms with E-state index in [9.17, 15) is 4.79 Å². The number of hydrogen-bond donors (Lipinski definition) is 2. The fraction of sp³-hybridized carbons (Fsp3) is 0.294. The molecule has 1 aromatic heterocycles. The summed E-state index contributed by atoms with van der Waals surface area (Å²) in [5.41, 5.74) is 1.77. The normalized spacial score (nSPS) is 20.0. The Labute approximate surface area is 139 Å². The van der Waals surface area contributed by atoms with E-state index in [0.29, 0.717) is 22.8 Å². The van der Waals surface area contributed by atoms with Gasteiger partial charge in [-0.15, -0.1) is 0 Å². The summed E-state index contributed by atoms with van der Waals surface area (Å²) in [6, 6.07) is 9.36. The van der Waals surface area contributed by atoms with Gasteiger partial charge in [-0.2, -0.15) is 5.10 Å². The van der Waals surface area contributed by atoms with Gasteiger partial charge in [-0.3, -0.25) is 4.79 Å². The summed E-state index contributed by atoms with van der Waals surface area (Å²) in [6.07, 6.45) is 4.53. The Balaban J connectivity index is 1.82. The van der Waals surface area contributed by atoms with Gasteiger partial charge in [0.1, 0.15) is 5.15 Å². The van der Waals surface area contributed by atoms with Crippen LogP contribution in [0.25, 0.3) is 5.69 Å². The number of para-hydroxylation sites is 1. The molecule has 1 aliphatic rings. The van der Waals surface area contributed by atoms with Crippen molar-refractivity contribution in [3.8, 4) is 5.69 Å². The zero-order valence-electron chi connectivity index (χ0n) is 12.7. The average molecular weight is 332 g/mol. The highest BCUT2D eigenvalue weighted by Crippen LogP contribution is 2.24. The SMILES string of the molecule is Cc1nn(-c2ccccc2)c(Cl)c1C(=O)N[C@@H]1C=C[C@H](CO)C1. The summed E-state index contributed by atoms with van der Waals surface area (Å²) in [4.78, 5) is 12.5. The fourth-order valence-corrected chi connectivity index (χ4v) is 3.11. The third-order valence-electron chi connectivity index (χ3n) is 3.96. The molecule has 2 aromatic rings. The number of hydrogen-bond acceptors (Lipinski definition) is 3. The number of aryl methyl sites for hydroxylation is 1. The smallest absolute Gasteiger partial charge is 0.256 e. The van der Waals surface area contributed by atoms with Crippen LogP contribution in [-0.2, 0) is 0 Å². The number of carbonyl (C=O) groups excluding carboxylic acids is 1. The maximum Gasteiger partial charge on any atom is 0.256 e. The monoisotopic (exact) mass is 331 g/mol. The molecule has 3 rings (SSSR count). The first-order valence-electron chi connectivity index (χ1n) is 7.50. The third-order valence-corrected chi connectivity index (χ3v) is 4.30. The molecule has 0 bridgehead atoms. The Morgan fingerprint density at radius 2 is 2.13 bits per heavy atom. The Hall–Kier alpha value is -2.11. The predicted molar refractivity (Wildman–Crippen MR) is 88.9 cm³/mol. The van der Waals surface area contributed by atoms with Crippen LogP contribution in [0.1, 0.15) is 22.5 Å². The maximum absolute atomic E-state index is 12.5. The Kier molecular flexibility index (Phi) is 4.50. The molecule has 120 valence electrons. The lowest BCUT2D eigenvalue weighted by atomic mass is 10.1. The fourth-order valence-electron chi connectivity index (χ4n) is 2.75. The molecule has 6 heteroatoms. The van der Waals surface area contributed by atoms with Crippen LogP contribution in [0.15, 0.2) is 42.5 Å². The number of halogens is 1. The van der Waals surface area contributed by atoms with Crippen molar-refractivity contribution in [1.29, 1.82) is 0 Å². The molecule has 2 atom stereocenters. The van der Waals surface area contributed by atoms with Crippen LogP contribution in [0.3, 0.4) is 0 Å². The second-order valence-electron chi connectivity index (χ2n) is 5.64. The van der Waals surface area contributed by atoms with Gasteiger partial charge in [0.2, 0.25) is 0 Å². The molecule has 5 nitrogen and oxygen atoms in total. The Morgan fingerprint density at radius 3 is 2.78 bits per heavy atom. The Morgan fingerprint density at radius 1 is 1.39 bits per heavy atom. The van der Waals surface area contributed by atoms with E-state index < -0.39 is 0 Å². The molecule has 2 N–H and O–H groups in total. The molecule has 0 saturated heterocycles. The lowest BCUT2D eigenvalue weighted by Crippen LogP contribution is -2.33. The molecular formula is C17H18ClN3O2. The number of rotatable bonds is 4. The largest absolute Gasteiger partial charge is 0.396 e. The quantitative estimate of drug-likeness (QED) is 0.846. The van der Waals surface area contributed by atoms with Gasteiger partial charge in [-0.25, -0.2) is 4.68 Å². The van der Waals surface area contributed by atoms with E-state index in [0.717, 1.165) is 5.69 Å². The van der Waals surface area contributed by atoms with Crippen molar-refractivity contribution < 1.29 is 9.90 Å². The van der Waals surface area contributed by atoms with Crippen LogP contribution in [0, 0.1) is 12.8 Å². The minimum absolute atomic E-state index is 0.0878. The summed E-state index contributed by atoms with van der Waals surface area (Å²) in [7, 11) is 0. The van der Waals surface area contributed by atoms with Gasteiger partial charge in [0, 0.05) is 18.6 Å². The number of amides is 1. The molecule has 0 spiro atoms. The average Bonchev–Trinajstić information content (AvgIpc) is 3.12. The highest BCUT2D eigenvalue weighted by Gasteiger charge is 2.25. The van der Waals surface area contributed by atoms with Crippen LogP contribution in [0.4, 0.5) is 0 Å². The topological polar surface area (TPSA) is 67.2 Å². The molecule has 0 unspecified atom stereocenters. The summed E-state index contributed by atoms with van der Waals surface area (Å²) in [6.45, 7) is 1.86. The van der Waals surface area contributed by atoms with Crippen molar-refractivity contribution in [2.75, 3.05) is 6.61 Å². The number of aromatic nitrogens is 2. The number of benzene rings is 1. The lowest BCUT2D eigenvalue weighted by Gasteiger charge is -2.12. The van der Waals surface area contributed by atoms with Gasteiger partial charge in [0.05, 0.1) is 16.9 Å². The zero-order valence-corrected chi connectivity index (χ0v) is 13.5. The lowest BCUT2D eigenvalue weighted by molar-refractivity contribution is 0.0940. The molecule has 0 saturated carbocycles. The van der Waals surface area contributed by atoms with Crippen LogP contribution in [0.5, 0.6) is 0 Å². The van der Waals surface area contributed by atoms with Crippen molar-refractivity contribution in [3.05, 3.63) is 58.9 Å². The first kappa shape index (κ1) is 15.8. The predicted octanol–water partition coefficient (Wildman–Crippen LogP) is 2.50. The zero-order chi connectivity index (χ0) is 16.4. The first-order chi connectivity index (χ1) is 11.1. The van der Waals surface area contributed by atoms with E-state index in [-0.39, 0.29) is 24.5 Å². The van der Waals surface area contributed by atoms with Gasteiger partial charge < -0.3 is 10.4 Å². The van der Waals surface area contributed by atoms with E-state index in [1.807, 2.05) is 42.5 Å². The second-order valence-corrected chi connectivity index (χ2v) is 6.00. The third kappa shape index (κ3) is 3.16. The summed E-state index contributed by atoms with van der Waals surface area (Å²) in [5, 5.41) is 16.8. The van der Waals surface area contributed by atoms with E-state index >= 15 is 0 Å². The molecule has 1 aromatic carbocycles. The number of aliphatic hydroxyl groups is 1. The summed E-state index contributed by atoms with van der Waals surface area (Å²) < 4.78 is 1.56. The molecule has 1 aliphatic carbocycles. The van der Waals surface area contributed by atoms with Gasteiger partial charge in [0.25, 0.3) is 5.91 Å². The van der Waals surface area contributed by atoms with Crippen molar-refractivity contribution in [2.24, 2.45) is 5.92 Å². The van der Waals surface area contributed by atoms with E-state index in [1.54, 1.807) is 11.6 Å². The van der Waals surface area contributed by atoms with Crippen molar-refractivity contribution in [2.45, 2.75) is 19.4 Å². The highest BCUT2D eigenvalue weighted by molar-refractivity contribution is 6.33. The minimum atomic E-state index is -0.247. The Bertz CT molecular complexity index is 740. The van der Waals surface area contributed by atoms with E-state index in [2.05, 4.69) is 10.4 Å². The number of nitrogens with zero attached hydrogens (tertiary/aromatic N) is 2. The maximum atomic E-state index is 12.5. The van der Waals surface area contributed by atoms with E-state index in [4.69, 9.17) is 16.7 Å². The first-order valence-corrected chi connectivity index (χ1v) is 7.88. The number of carbonyl (C=O) groups is 1. The van der Waals surface area contributed by atoms with Gasteiger partial charge in [-0.1, -0.05) is 42.0 Å². The molecular weight excluding hydrogens is 314 g/mol. The van der Waals surface area contributed by atoms with Crippen LogP contribution >= 0.6 is 11.6 Å². The molecule has 1 heterocycles. The van der Waals surface area contributed by atoms with Crippen LogP contribution in [-0.4, -0.2) is 33.4 Å². The molecule has 0 aliphatic heterocycles.